The molecule has 1 aliphatic rings. The van der Waals surface area contributed by atoms with Crippen molar-refractivity contribution in [2.75, 3.05) is 0 Å². The molecule has 0 aliphatic carbocycles. The Morgan fingerprint density at radius 1 is 1.47 bits per heavy atom. The van der Waals surface area contributed by atoms with Gasteiger partial charge in [0.05, 0.1) is 12.6 Å². The minimum absolute atomic E-state index is 0.0167. The highest BCUT2D eigenvalue weighted by Gasteiger charge is 2.34. The van der Waals surface area contributed by atoms with E-state index < -0.39 is 0 Å². The first-order chi connectivity index (χ1) is 8.99. The summed E-state index contributed by atoms with van der Waals surface area (Å²) in [6, 6.07) is 0.798. The molecule has 0 spiro atoms. The lowest BCUT2D eigenvalue weighted by Crippen LogP contribution is -2.49. The Bertz CT molecular complexity index is 436. The molecule has 106 valence electrons. The quantitative estimate of drug-likeness (QED) is 0.888. The van der Waals surface area contributed by atoms with Gasteiger partial charge in [0, 0.05) is 19.0 Å². The van der Waals surface area contributed by atoms with Crippen LogP contribution in [-0.4, -0.2) is 39.1 Å². The molecular formula is C13H22N4O2. The van der Waals surface area contributed by atoms with Gasteiger partial charge < -0.3 is 9.84 Å². The summed E-state index contributed by atoms with van der Waals surface area (Å²) in [6.45, 7) is 8.35. The highest BCUT2D eigenvalue weighted by Crippen LogP contribution is 2.25. The summed E-state index contributed by atoms with van der Waals surface area (Å²) >= 11 is 0. The monoisotopic (exact) mass is 266 g/mol. The molecule has 0 aromatic carbocycles. The van der Waals surface area contributed by atoms with E-state index in [0.29, 0.717) is 30.3 Å². The summed E-state index contributed by atoms with van der Waals surface area (Å²) in [5.74, 6) is 1.04. The summed E-state index contributed by atoms with van der Waals surface area (Å²) in [6.07, 6.45) is 2.31. The SMILES string of the molecule is Cc1nc(CNC(=O)[C@@H](C)N2[C@H](C)CC[C@@H]2C)no1. The van der Waals surface area contributed by atoms with E-state index in [9.17, 15) is 4.79 Å². The van der Waals surface area contributed by atoms with Gasteiger partial charge in [-0.2, -0.15) is 4.98 Å². The lowest BCUT2D eigenvalue weighted by atomic mass is 10.2. The van der Waals surface area contributed by atoms with Crippen LogP contribution in [0.4, 0.5) is 0 Å². The number of aryl methyl sites for hydroxylation is 1. The van der Waals surface area contributed by atoms with Gasteiger partial charge in [0.25, 0.3) is 0 Å². The zero-order valence-electron chi connectivity index (χ0n) is 12.0. The number of nitrogens with one attached hydrogen (secondary N) is 1. The molecule has 2 heterocycles. The predicted octanol–water partition coefficient (Wildman–Crippen LogP) is 1.26. The van der Waals surface area contributed by atoms with E-state index >= 15 is 0 Å². The molecule has 0 saturated carbocycles. The van der Waals surface area contributed by atoms with Crippen LogP contribution in [0.5, 0.6) is 0 Å². The molecule has 1 aromatic heterocycles. The normalized spacial score (nSPS) is 25.5. The Balaban J connectivity index is 1.88. The van der Waals surface area contributed by atoms with Crippen molar-refractivity contribution in [2.45, 2.75) is 65.2 Å². The summed E-state index contributed by atoms with van der Waals surface area (Å²) in [7, 11) is 0. The van der Waals surface area contributed by atoms with E-state index in [2.05, 4.69) is 34.2 Å². The Kier molecular flexibility index (Phi) is 4.19. The third-order valence-corrected chi connectivity index (χ3v) is 3.84. The molecular weight excluding hydrogens is 244 g/mol. The van der Waals surface area contributed by atoms with Crippen molar-refractivity contribution in [2.24, 2.45) is 0 Å². The van der Waals surface area contributed by atoms with Crippen LogP contribution in [0.3, 0.4) is 0 Å². The topological polar surface area (TPSA) is 71.3 Å². The first kappa shape index (κ1) is 14.0. The smallest absolute Gasteiger partial charge is 0.237 e. The first-order valence-electron chi connectivity index (χ1n) is 6.83. The fourth-order valence-electron chi connectivity index (χ4n) is 2.84. The van der Waals surface area contributed by atoms with Crippen molar-refractivity contribution in [1.29, 1.82) is 0 Å². The second-order valence-corrected chi connectivity index (χ2v) is 5.35. The largest absolute Gasteiger partial charge is 0.347 e. The zero-order valence-corrected chi connectivity index (χ0v) is 12.0. The fourth-order valence-corrected chi connectivity index (χ4v) is 2.84. The molecule has 1 fully saturated rings. The fraction of sp³-hybridized carbons (Fsp3) is 0.769. The Morgan fingerprint density at radius 3 is 2.63 bits per heavy atom. The van der Waals surface area contributed by atoms with Gasteiger partial charge in [-0.15, -0.1) is 0 Å². The molecule has 0 radical (unpaired) electrons. The molecule has 1 aliphatic heterocycles. The third-order valence-electron chi connectivity index (χ3n) is 3.84. The minimum atomic E-state index is -0.125. The number of nitrogens with zero attached hydrogens (tertiary/aromatic N) is 3. The Hall–Kier alpha value is -1.43. The van der Waals surface area contributed by atoms with E-state index in [1.54, 1.807) is 6.92 Å². The number of rotatable bonds is 4. The molecule has 1 saturated heterocycles. The molecule has 2 rings (SSSR count). The molecule has 6 heteroatoms. The Labute approximate surface area is 113 Å². The molecule has 3 atom stereocenters. The van der Waals surface area contributed by atoms with E-state index in [1.165, 1.54) is 0 Å². The lowest BCUT2D eigenvalue weighted by molar-refractivity contribution is -0.127. The number of carbonyl (C=O) groups excluding carboxylic acids is 1. The lowest BCUT2D eigenvalue weighted by Gasteiger charge is -2.31. The van der Waals surface area contributed by atoms with Gasteiger partial charge in [-0.1, -0.05) is 5.16 Å². The van der Waals surface area contributed by atoms with Gasteiger partial charge in [0.15, 0.2) is 5.82 Å². The van der Waals surface area contributed by atoms with E-state index in [4.69, 9.17) is 4.52 Å². The van der Waals surface area contributed by atoms with Crippen LogP contribution in [0.25, 0.3) is 0 Å². The first-order valence-corrected chi connectivity index (χ1v) is 6.83. The second kappa shape index (κ2) is 5.69. The van der Waals surface area contributed by atoms with Crippen molar-refractivity contribution in [3.8, 4) is 0 Å². The highest BCUT2D eigenvalue weighted by atomic mass is 16.5. The Morgan fingerprint density at radius 2 is 2.11 bits per heavy atom. The van der Waals surface area contributed by atoms with Crippen LogP contribution in [-0.2, 0) is 11.3 Å². The summed E-state index contributed by atoms with van der Waals surface area (Å²) < 4.78 is 4.87. The van der Waals surface area contributed by atoms with Gasteiger partial charge in [-0.3, -0.25) is 9.69 Å². The minimum Gasteiger partial charge on any atom is -0.347 e. The number of likely N-dealkylation sites (tertiary alicyclic amines) is 1. The van der Waals surface area contributed by atoms with Crippen molar-refractivity contribution >= 4 is 5.91 Å². The average molecular weight is 266 g/mol. The molecule has 1 aromatic rings. The van der Waals surface area contributed by atoms with Gasteiger partial charge in [-0.05, 0) is 33.6 Å². The number of aromatic nitrogens is 2. The summed E-state index contributed by atoms with van der Waals surface area (Å²) in [5.41, 5.74) is 0. The maximum atomic E-state index is 12.2. The second-order valence-electron chi connectivity index (χ2n) is 5.35. The molecule has 1 N–H and O–H groups in total. The van der Waals surface area contributed by atoms with Crippen molar-refractivity contribution in [3.63, 3.8) is 0 Å². The van der Waals surface area contributed by atoms with E-state index in [0.717, 1.165) is 12.8 Å². The van der Waals surface area contributed by atoms with Crippen LogP contribution in [0, 0.1) is 6.92 Å². The molecule has 1 amide bonds. The van der Waals surface area contributed by atoms with Gasteiger partial charge in [0.2, 0.25) is 11.8 Å². The van der Waals surface area contributed by atoms with Crippen LogP contribution >= 0.6 is 0 Å². The molecule has 6 nitrogen and oxygen atoms in total. The van der Waals surface area contributed by atoms with E-state index in [1.807, 2.05) is 6.92 Å². The molecule has 0 bridgehead atoms. The standard InChI is InChI=1S/C13H22N4O2/c1-8-5-6-9(2)17(8)10(3)13(18)14-7-12-15-11(4)19-16-12/h8-10H,5-7H2,1-4H3,(H,14,18)/t8-,9+,10-/m1/s1. The third kappa shape index (κ3) is 3.12. The summed E-state index contributed by atoms with van der Waals surface area (Å²) in [5, 5.41) is 6.62. The molecule has 0 unspecified atom stereocenters. The number of carbonyl (C=O) groups is 1. The maximum Gasteiger partial charge on any atom is 0.237 e. The van der Waals surface area contributed by atoms with Crippen molar-refractivity contribution in [3.05, 3.63) is 11.7 Å². The zero-order chi connectivity index (χ0) is 14.0. The van der Waals surface area contributed by atoms with Gasteiger partial charge in [-0.25, -0.2) is 0 Å². The van der Waals surface area contributed by atoms with Crippen LogP contribution in [0.15, 0.2) is 4.52 Å². The van der Waals surface area contributed by atoms with E-state index in [-0.39, 0.29) is 11.9 Å². The van der Waals surface area contributed by atoms with Crippen LogP contribution in [0.1, 0.15) is 45.3 Å². The van der Waals surface area contributed by atoms with Crippen molar-refractivity contribution in [1.82, 2.24) is 20.4 Å². The number of hydrogen-bond donors (Lipinski definition) is 1. The van der Waals surface area contributed by atoms with Gasteiger partial charge >= 0.3 is 0 Å². The average Bonchev–Trinajstić information content (AvgIpc) is 2.92. The molecule has 19 heavy (non-hydrogen) atoms. The van der Waals surface area contributed by atoms with Crippen molar-refractivity contribution < 1.29 is 9.32 Å². The van der Waals surface area contributed by atoms with Crippen LogP contribution in [0.2, 0.25) is 0 Å². The number of amides is 1. The maximum absolute atomic E-state index is 12.2. The number of hydrogen-bond acceptors (Lipinski definition) is 5. The van der Waals surface area contributed by atoms with Crippen LogP contribution < -0.4 is 5.32 Å². The van der Waals surface area contributed by atoms with Gasteiger partial charge in [0.1, 0.15) is 0 Å². The summed E-state index contributed by atoms with van der Waals surface area (Å²) in [4.78, 5) is 18.5. The highest BCUT2D eigenvalue weighted by molar-refractivity contribution is 5.81. The predicted molar refractivity (Wildman–Crippen MR) is 70.3 cm³/mol.